The molecule has 4 N–H and O–H groups in total. The topological polar surface area (TPSA) is 128 Å². The summed E-state index contributed by atoms with van der Waals surface area (Å²) in [6.45, 7) is -0.522. The number of rotatable bonds is 9. The average Bonchev–Trinajstić information content (AvgIpc) is 3.32. The van der Waals surface area contributed by atoms with E-state index in [1.54, 1.807) is 6.07 Å². The molecular weight excluding hydrogens is 456 g/mol. The predicted molar refractivity (Wildman–Crippen MR) is 129 cm³/mol. The fourth-order valence-electron chi connectivity index (χ4n) is 3.85. The minimum Gasteiger partial charge on any atom is -0.481 e. The van der Waals surface area contributed by atoms with Crippen LogP contribution in [0.2, 0.25) is 5.02 Å². The van der Waals surface area contributed by atoms with Gasteiger partial charge in [0.2, 0.25) is 0 Å². The summed E-state index contributed by atoms with van der Waals surface area (Å²) in [5, 5.41) is 32.4. The van der Waals surface area contributed by atoms with Crippen LogP contribution in [0.4, 0.5) is 0 Å². The molecule has 4 aromatic rings. The van der Waals surface area contributed by atoms with Crippen molar-refractivity contribution in [2.75, 3.05) is 6.61 Å². The smallest absolute Gasteiger partial charge is 0.308 e. The summed E-state index contributed by atoms with van der Waals surface area (Å²) in [4.78, 5) is 24.5. The Morgan fingerprint density at radius 2 is 1.74 bits per heavy atom. The number of aromatic amines is 1. The van der Waals surface area contributed by atoms with E-state index < -0.39 is 30.4 Å². The summed E-state index contributed by atoms with van der Waals surface area (Å²) >= 11 is 6.21. The number of carboxylic acid groups (broad SMARTS) is 1. The number of carbonyl (C=O) groups is 2. The van der Waals surface area contributed by atoms with Crippen LogP contribution >= 0.6 is 11.6 Å². The van der Waals surface area contributed by atoms with Crippen molar-refractivity contribution in [3.8, 4) is 11.1 Å². The number of nitrogens with zero attached hydrogens (tertiary/aromatic N) is 2. The second kappa shape index (κ2) is 10.5. The lowest BCUT2D eigenvalue weighted by Gasteiger charge is -2.22. The van der Waals surface area contributed by atoms with Crippen molar-refractivity contribution in [3.63, 3.8) is 0 Å². The van der Waals surface area contributed by atoms with Crippen molar-refractivity contribution < 1.29 is 19.8 Å². The zero-order valence-electron chi connectivity index (χ0n) is 18.1. The van der Waals surface area contributed by atoms with Gasteiger partial charge in [0, 0.05) is 11.6 Å². The van der Waals surface area contributed by atoms with Gasteiger partial charge >= 0.3 is 5.97 Å². The Bertz CT molecular complexity index is 1290. The number of carboxylic acids is 1. The number of aliphatic hydroxyl groups excluding tert-OH is 1. The maximum absolute atomic E-state index is 13.0. The van der Waals surface area contributed by atoms with Crippen molar-refractivity contribution in [3.05, 3.63) is 82.9 Å². The molecule has 34 heavy (non-hydrogen) atoms. The highest BCUT2D eigenvalue weighted by molar-refractivity contribution is 6.35. The number of hydrogen-bond acceptors (Lipinski definition) is 5. The van der Waals surface area contributed by atoms with Crippen LogP contribution in [0.5, 0.6) is 0 Å². The van der Waals surface area contributed by atoms with Crippen LogP contribution in [0.3, 0.4) is 0 Å². The van der Waals surface area contributed by atoms with Crippen LogP contribution in [0, 0.1) is 5.92 Å². The largest absolute Gasteiger partial charge is 0.481 e. The average molecular weight is 479 g/mol. The van der Waals surface area contributed by atoms with E-state index in [4.69, 9.17) is 11.6 Å². The third kappa shape index (κ3) is 5.41. The molecule has 0 aliphatic carbocycles. The number of H-pyrrole nitrogens is 1. The van der Waals surface area contributed by atoms with Crippen LogP contribution < -0.4 is 5.32 Å². The quantitative estimate of drug-likeness (QED) is 0.290. The summed E-state index contributed by atoms with van der Waals surface area (Å²) < 4.78 is 0. The van der Waals surface area contributed by atoms with Crippen molar-refractivity contribution in [1.29, 1.82) is 0 Å². The molecule has 0 aliphatic heterocycles. The summed E-state index contributed by atoms with van der Waals surface area (Å²) in [6, 6.07) is 20.4. The molecule has 0 spiro atoms. The Morgan fingerprint density at radius 3 is 2.41 bits per heavy atom. The van der Waals surface area contributed by atoms with Crippen LogP contribution in [0.1, 0.15) is 22.3 Å². The molecular formula is C25H23ClN4O4. The van der Waals surface area contributed by atoms with Crippen LogP contribution in [-0.4, -0.2) is 50.1 Å². The first-order valence-electron chi connectivity index (χ1n) is 10.7. The second-order valence-electron chi connectivity index (χ2n) is 8.06. The lowest BCUT2D eigenvalue weighted by atomic mass is 9.94. The molecule has 9 heteroatoms. The van der Waals surface area contributed by atoms with Gasteiger partial charge < -0.3 is 15.5 Å². The van der Waals surface area contributed by atoms with Crippen molar-refractivity contribution in [2.45, 2.75) is 18.9 Å². The number of aromatic nitrogens is 3. The number of nitrogens with one attached hydrogen (secondary N) is 2. The van der Waals surface area contributed by atoms with E-state index in [1.807, 2.05) is 54.6 Å². The highest BCUT2D eigenvalue weighted by Gasteiger charge is 2.24. The lowest BCUT2D eigenvalue weighted by molar-refractivity contribution is -0.143. The third-order valence-corrected chi connectivity index (χ3v) is 5.95. The molecule has 174 valence electrons. The van der Waals surface area contributed by atoms with Gasteiger partial charge in [0.05, 0.1) is 23.1 Å². The van der Waals surface area contributed by atoms with Crippen LogP contribution in [0.25, 0.3) is 22.2 Å². The molecule has 0 aliphatic rings. The fourth-order valence-corrected chi connectivity index (χ4v) is 4.11. The van der Waals surface area contributed by atoms with E-state index in [2.05, 4.69) is 20.7 Å². The lowest BCUT2D eigenvalue weighted by Crippen LogP contribution is -2.39. The molecule has 2 atom stereocenters. The monoisotopic (exact) mass is 478 g/mol. The van der Waals surface area contributed by atoms with Gasteiger partial charge in [-0.05, 0) is 41.7 Å². The van der Waals surface area contributed by atoms with Gasteiger partial charge in [0.15, 0.2) is 0 Å². The Morgan fingerprint density at radius 1 is 1.03 bits per heavy atom. The van der Waals surface area contributed by atoms with Crippen LogP contribution in [-0.2, 0) is 11.2 Å². The number of hydrogen-bond donors (Lipinski definition) is 4. The Labute approximate surface area is 200 Å². The Hall–Kier alpha value is -3.75. The number of fused-ring (bicyclic) bond motifs is 1. The number of amides is 1. The van der Waals surface area contributed by atoms with E-state index in [0.717, 1.165) is 16.7 Å². The van der Waals surface area contributed by atoms with Crippen LogP contribution in [0.15, 0.2) is 66.7 Å². The van der Waals surface area contributed by atoms with Gasteiger partial charge in [-0.15, -0.1) is 5.10 Å². The molecule has 4 rings (SSSR count). The first-order valence-corrected chi connectivity index (χ1v) is 11.1. The van der Waals surface area contributed by atoms with Gasteiger partial charge in [-0.3, -0.25) is 14.7 Å². The molecule has 2 unspecified atom stereocenters. The molecule has 0 saturated heterocycles. The van der Waals surface area contributed by atoms with Crippen molar-refractivity contribution in [1.82, 2.24) is 20.7 Å². The van der Waals surface area contributed by atoms with Gasteiger partial charge in [-0.2, -0.15) is 0 Å². The minimum absolute atomic E-state index is 0.0690. The third-order valence-electron chi connectivity index (χ3n) is 5.66. The summed E-state index contributed by atoms with van der Waals surface area (Å²) in [7, 11) is 0. The van der Waals surface area contributed by atoms with Crippen molar-refractivity contribution >= 4 is 34.5 Å². The number of aliphatic carboxylic acids is 1. The fraction of sp³-hybridized carbons (Fsp3) is 0.200. The minimum atomic E-state index is -1.12. The van der Waals surface area contributed by atoms with E-state index in [1.165, 1.54) is 6.07 Å². The zero-order valence-corrected chi connectivity index (χ0v) is 18.9. The van der Waals surface area contributed by atoms with Gasteiger partial charge in [-0.1, -0.05) is 71.4 Å². The standard InChI is InChI=1S/C25H23ClN4O4/c26-21-12-18(13-22-23(21)29-30-28-22)24(32)27-20(11-19(14-31)25(33)34)10-15-6-8-17(9-7-15)16-4-2-1-3-5-16/h1-9,12-13,19-20,31H,10-11,14H2,(H,27,32)(H,33,34)(H,28,29,30). The molecule has 1 amide bonds. The van der Waals surface area contributed by atoms with E-state index in [0.29, 0.717) is 23.0 Å². The maximum atomic E-state index is 13.0. The number of benzene rings is 3. The number of halogens is 1. The van der Waals surface area contributed by atoms with E-state index >= 15 is 0 Å². The molecule has 0 saturated carbocycles. The molecule has 1 heterocycles. The summed E-state index contributed by atoms with van der Waals surface area (Å²) in [5.74, 6) is -2.53. The highest BCUT2D eigenvalue weighted by atomic mass is 35.5. The first-order chi connectivity index (χ1) is 16.4. The summed E-state index contributed by atoms with van der Waals surface area (Å²) in [5.41, 5.74) is 4.34. The van der Waals surface area contributed by atoms with Crippen molar-refractivity contribution in [2.24, 2.45) is 5.92 Å². The normalized spacial score (nSPS) is 12.9. The number of aliphatic hydroxyl groups is 1. The predicted octanol–water partition coefficient (Wildman–Crippen LogP) is 3.70. The molecule has 8 nitrogen and oxygen atoms in total. The second-order valence-corrected chi connectivity index (χ2v) is 8.46. The SMILES string of the molecule is O=C(NC(Cc1ccc(-c2ccccc2)cc1)CC(CO)C(=O)O)c1cc(Cl)c2nn[nH]c2c1. The number of carbonyl (C=O) groups excluding carboxylic acids is 1. The van der Waals surface area contributed by atoms with E-state index in [-0.39, 0.29) is 11.4 Å². The van der Waals surface area contributed by atoms with Gasteiger partial charge in [-0.25, -0.2) is 0 Å². The highest BCUT2D eigenvalue weighted by Crippen LogP contribution is 2.23. The first kappa shape index (κ1) is 23.4. The molecule has 3 aromatic carbocycles. The molecule has 0 radical (unpaired) electrons. The summed E-state index contributed by atoms with van der Waals surface area (Å²) in [6.07, 6.45) is 0.464. The van der Waals surface area contributed by atoms with E-state index in [9.17, 15) is 19.8 Å². The van der Waals surface area contributed by atoms with Gasteiger partial charge in [0.1, 0.15) is 5.52 Å². The zero-order chi connectivity index (χ0) is 24.1. The van der Waals surface area contributed by atoms with Gasteiger partial charge in [0.25, 0.3) is 5.91 Å². The Kier molecular flexibility index (Phi) is 7.20. The molecule has 0 bridgehead atoms. The molecule has 0 fully saturated rings. The molecule has 1 aromatic heterocycles. The Balaban J connectivity index is 1.54. The maximum Gasteiger partial charge on any atom is 0.308 e.